The monoisotopic (exact) mass is 387 g/mol. The second kappa shape index (κ2) is 7.59. The molecule has 0 atom stereocenters. The van der Waals surface area contributed by atoms with Gasteiger partial charge in [0.25, 0.3) is 0 Å². The number of anilines is 1. The maximum Gasteiger partial charge on any atom is 0.217 e. The molecule has 4 aromatic rings. The molecule has 0 saturated carbocycles. The van der Waals surface area contributed by atoms with Crippen molar-refractivity contribution in [3.8, 4) is 11.6 Å². The third-order valence-corrected chi connectivity index (χ3v) is 5.31. The second-order valence-electron chi connectivity index (χ2n) is 7.19. The number of fused-ring (bicyclic) bond motifs is 2. The summed E-state index contributed by atoms with van der Waals surface area (Å²) in [6.45, 7) is 4.09. The van der Waals surface area contributed by atoms with E-state index < -0.39 is 0 Å². The van der Waals surface area contributed by atoms with Crippen LogP contribution in [0, 0.1) is 13.8 Å². The van der Waals surface area contributed by atoms with Crippen LogP contribution in [0.4, 0.5) is 5.82 Å². The van der Waals surface area contributed by atoms with E-state index in [1.807, 2.05) is 26.1 Å². The Hall–Kier alpha value is -3.34. The molecule has 1 N–H and O–H groups in total. The molecule has 29 heavy (non-hydrogen) atoms. The minimum atomic E-state index is 0.617. The Balaban J connectivity index is 1.97. The van der Waals surface area contributed by atoms with Crippen LogP contribution in [0.15, 0.2) is 42.5 Å². The predicted molar refractivity (Wildman–Crippen MR) is 118 cm³/mol. The SMILES string of the molecule is CNc1nc2ccc(C)cc2cc1Cc1c(OC)nc(C)c2cccc(OC)c12. The molecule has 0 aliphatic rings. The van der Waals surface area contributed by atoms with Crippen LogP contribution < -0.4 is 14.8 Å². The highest BCUT2D eigenvalue weighted by Gasteiger charge is 2.19. The molecule has 2 heterocycles. The van der Waals surface area contributed by atoms with Gasteiger partial charge in [-0.3, -0.25) is 0 Å². The average molecular weight is 387 g/mol. The minimum absolute atomic E-state index is 0.617. The number of hydrogen-bond donors (Lipinski definition) is 1. The molecule has 0 radical (unpaired) electrons. The van der Waals surface area contributed by atoms with Crippen LogP contribution in [-0.2, 0) is 6.42 Å². The fourth-order valence-corrected chi connectivity index (χ4v) is 3.92. The average Bonchev–Trinajstić information content (AvgIpc) is 2.74. The number of hydrogen-bond acceptors (Lipinski definition) is 5. The van der Waals surface area contributed by atoms with Gasteiger partial charge in [-0.05, 0) is 43.7 Å². The van der Waals surface area contributed by atoms with Gasteiger partial charge in [0.15, 0.2) is 0 Å². The van der Waals surface area contributed by atoms with E-state index in [0.29, 0.717) is 12.3 Å². The zero-order chi connectivity index (χ0) is 20.5. The number of methoxy groups -OCH3 is 2. The summed E-state index contributed by atoms with van der Waals surface area (Å²) in [7, 11) is 5.25. The summed E-state index contributed by atoms with van der Waals surface area (Å²) in [5.74, 6) is 2.29. The van der Waals surface area contributed by atoms with E-state index in [2.05, 4.69) is 42.6 Å². The van der Waals surface area contributed by atoms with E-state index in [1.54, 1.807) is 14.2 Å². The summed E-state index contributed by atoms with van der Waals surface area (Å²) in [4.78, 5) is 9.53. The zero-order valence-electron chi connectivity index (χ0n) is 17.5. The Bertz CT molecular complexity index is 1220. The largest absolute Gasteiger partial charge is 0.496 e. The summed E-state index contributed by atoms with van der Waals surface area (Å²) >= 11 is 0. The molecule has 5 heteroatoms. The maximum atomic E-state index is 5.69. The summed E-state index contributed by atoms with van der Waals surface area (Å²) in [5, 5.41) is 6.46. The molecule has 0 bridgehead atoms. The summed E-state index contributed by atoms with van der Waals surface area (Å²) in [5.41, 5.74) is 5.18. The highest BCUT2D eigenvalue weighted by atomic mass is 16.5. The first-order valence-corrected chi connectivity index (χ1v) is 9.64. The Morgan fingerprint density at radius 1 is 0.966 bits per heavy atom. The fourth-order valence-electron chi connectivity index (χ4n) is 3.92. The van der Waals surface area contributed by atoms with Crippen molar-refractivity contribution >= 4 is 27.5 Å². The second-order valence-corrected chi connectivity index (χ2v) is 7.19. The summed E-state index contributed by atoms with van der Waals surface area (Å²) in [6.07, 6.45) is 0.625. The van der Waals surface area contributed by atoms with Gasteiger partial charge in [-0.2, -0.15) is 0 Å². The Kier molecular flexibility index (Phi) is 4.97. The van der Waals surface area contributed by atoms with Gasteiger partial charge >= 0.3 is 0 Å². The number of rotatable bonds is 5. The molecule has 0 unspecified atom stereocenters. The van der Waals surface area contributed by atoms with Crippen LogP contribution in [0.5, 0.6) is 11.6 Å². The van der Waals surface area contributed by atoms with E-state index in [1.165, 1.54) is 5.56 Å². The van der Waals surface area contributed by atoms with Crippen LogP contribution in [-0.4, -0.2) is 31.2 Å². The molecule has 0 fully saturated rings. The van der Waals surface area contributed by atoms with Gasteiger partial charge in [-0.1, -0.05) is 23.8 Å². The van der Waals surface area contributed by atoms with E-state index >= 15 is 0 Å². The van der Waals surface area contributed by atoms with Crippen molar-refractivity contribution < 1.29 is 9.47 Å². The van der Waals surface area contributed by atoms with Crippen molar-refractivity contribution in [2.45, 2.75) is 20.3 Å². The van der Waals surface area contributed by atoms with E-state index in [-0.39, 0.29) is 0 Å². The fraction of sp³-hybridized carbons (Fsp3) is 0.250. The van der Waals surface area contributed by atoms with Gasteiger partial charge in [0.05, 0.1) is 19.7 Å². The molecule has 0 saturated heterocycles. The van der Waals surface area contributed by atoms with Crippen molar-refractivity contribution in [3.05, 3.63) is 64.8 Å². The van der Waals surface area contributed by atoms with Gasteiger partial charge in [0, 0.05) is 40.9 Å². The summed E-state index contributed by atoms with van der Waals surface area (Å²) < 4.78 is 11.4. The topological polar surface area (TPSA) is 56.3 Å². The van der Waals surface area contributed by atoms with Crippen molar-refractivity contribution in [1.82, 2.24) is 9.97 Å². The third-order valence-electron chi connectivity index (χ3n) is 5.31. The van der Waals surface area contributed by atoms with Crippen molar-refractivity contribution in [2.24, 2.45) is 0 Å². The van der Waals surface area contributed by atoms with Gasteiger partial charge in [-0.15, -0.1) is 0 Å². The van der Waals surface area contributed by atoms with Crippen LogP contribution >= 0.6 is 0 Å². The standard InChI is InChI=1S/C24H25N3O2/c1-14-9-10-20-16(11-14)12-17(23(25-3)27-20)13-19-22-18(7-6-8-21(22)28-4)15(2)26-24(19)29-5/h6-12H,13H2,1-5H3,(H,25,27). The van der Waals surface area contributed by atoms with Crippen LogP contribution in [0.2, 0.25) is 0 Å². The number of pyridine rings is 2. The minimum Gasteiger partial charge on any atom is -0.496 e. The number of nitrogens with zero attached hydrogens (tertiary/aromatic N) is 2. The van der Waals surface area contributed by atoms with Crippen molar-refractivity contribution in [3.63, 3.8) is 0 Å². The normalized spacial score (nSPS) is 11.1. The lowest BCUT2D eigenvalue weighted by Crippen LogP contribution is -2.05. The number of benzene rings is 2. The van der Waals surface area contributed by atoms with E-state index in [0.717, 1.165) is 50.1 Å². The summed E-state index contributed by atoms with van der Waals surface area (Å²) in [6, 6.07) is 14.5. The molecular formula is C24H25N3O2. The first-order chi connectivity index (χ1) is 14.0. The van der Waals surface area contributed by atoms with Gasteiger partial charge in [0.1, 0.15) is 11.6 Å². The van der Waals surface area contributed by atoms with E-state index in [9.17, 15) is 0 Å². The first-order valence-electron chi connectivity index (χ1n) is 9.64. The molecular weight excluding hydrogens is 362 g/mol. The van der Waals surface area contributed by atoms with Crippen LogP contribution in [0.1, 0.15) is 22.4 Å². The van der Waals surface area contributed by atoms with Crippen LogP contribution in [0.3, 0.4) is 0 Å². The van der Waals surface area contributed by atoms with Crippen LogP contribution in [0.25, 0.3) is 21.7 Å². The first kappa shape index (κ1) is 19.0. The molecule has 0 amide bonds. The number of aromatic nitrogens is 2. The lowest BCUT2D eigenvalue weighted by atomic mass is 9.97. The smallest absolute Gasteiger partial charge is 0.217 e. The highest BCUT2D eigenvalue weighted by Crippen LogP contribution is 2.37. The molecule has 2 aromatic heterocycles. The van der Waals surface area contributed by atoms with Crippen molar-refractivity contribution in [1.29, 1.82) is 0 Å². The maximum absolute atomic E-state index is 5.69. The Labute approximate surface area is 170 Å². The predicted octanol–water partition coefficient (Wildman–Crippen LogP) is 5.05. The quantitative estimate of drug-likeness (QED) is 0.519. The lowest BCUT2D eigenvalue weighted by Gasteiger charge is -2.17. The molecule has 0 aliphatic carbocycles. The van der Waals surface area contributed by atoms with E-state index in [4.69, 9.17) is 19.4 Å². The molecule has 4 rings (SSSR count). The van der Waals surface area contributed by atoms with Crippen molar-refractivity contribution in [2.75, 3.05) is 26.6 Å². The molecule has 5 nitrogen and oxygen atoms in total. The highest BCUT2D eigenvalue weighted by molar-refractivity contribution is 5.94. The number of aryl methyl sites for hydroxylation is 2. The Morgan fingerprint density at radius 3 is 2.52 bits per heavy atom. The van der Waals surface area contributed by atoms with Gasteiger partial charge in [0.2, 0.25) is 5.88 Å². The molecule has 148 valence electrons. The van der Waals surface area contributed by atoms with Gasteiger partial charge in [-0.25, -0.2) is 9.97 Å². The zero-order valence-corrected chi connectivity index (χ0v) is 17.5. The van der Waals surface area contributed by atoms with Gasteiger partial charge < -0.3 is 14.8 Å². The third kappa shape index (κ3) is 3.33. The molecule has 0 aliphatic heterocycles. The molecule has 2 aromatic carbocycles. The lowest BCUT2D eigenvalue weighted by molar-refractivity contribution is 0.392. The number of nitrogens with one attached hydrogen (secondary N) is 1. The number of ether oxygens (including phenoxy) is 2. The Morgan fingerprint density at radius 2 is 1.79 bits per heavy atom. The molecule has 0 spiro atoms.